The zero-order valence-corrected chi connectivity index (χ0v) is 9.53. The molecule has 2 heteroatoms. The smallest absolute Gasteiger partial charge is 0.154 e. The van der Waals surface area contributed by atoms with Crippen molar-refractivity contribution < 1.29 is 4.84 Å². The first-order chi connectivity index (χ1) is 7.13. The summed E-state index contributed by atoms with van der Waals surface area (Å²) in [5.41, 5.74) is 2.27. The molecule has 0 saturated heterocycles. The molecule has 15 heavy (non-hydrogen) atoms. The number of rotatable bonds is 4. The standard InChI is InChI=1S/C13H17NO/c1-5-7-13(15-14(3)4)12-9-6-8-11(2)10-12/h5-10H,1H2,2-4H3/b13-7+. The van der Waals surface area contributed by atoms with Crippen LogP contribution < -0.4 is 0 Å². The fourth-order valence-electron chi connectivity index (χ4n) is 1.28. The van der Waals surface area contributed by atoms with E-state index >= 15 is 0 Å². The molecular weight excluding hydrogens is 186 g/mol. The normalized spacial score (nSPS) is 11.6. The van der Waals surface area contributed by atoms with Gasteiger partial charge in [0.1, 0.15) is 0 Å². The Balaban J connectivity index is 2.99. The third-order valence-corrected chi connectivity index (χ3v) is 1.85. The van der Waals surface area contributed by atoms with E-state index in [0.717, 1.165) is 11.3 Å². The lowest BCUT2D eigenvalue weighted by Crippen LogP contribution is -2.11. The van der Waals surface area contributed by atoms with Crippen LogP contribution in [0.5, 0.6) is 0 Å². The summed E-state index contributed by atoms with van der Waals surface area (Å²) in [5, 5.41) is 1.66. The summed E-state index contributed by atoms with van der Waals surface area (Å²) in [6, 6.07) is 8.18. The molecule has 0 spiro atoms. The molecule has 0 aliphatic carbocycles. The third-order valence-electron chi connectivity index (χ3n) is 1.85. The van der Waals surface area contributed by atoms with E-state index in [-0.39, 0.29) is 0 Å². The van der Waals surface area contributed by atoms with Gasteiger partial charge in [-0.05, 0) is 19.1 Å². The number of hydroxylamine groups is 2. The molecule has 0 radical (unpaired) electrons. The van der Waals surface area contributed by atoms with Gasteiger partial charge in [-0.3, -0.25) is 0 Å². The van der Waals surface area contributed by atoms with Crippen molar-refractivity contribution in [1.29, 1.82) is 0 Å². The molecule has 0 bridgehead atoms. The molecule has 0 aromatic heterocycles. The molecular formula is C13H17NO. The molecule has 0 atom stereocenters. The maximum Gasteiger partial charge on any atom is 0.154 e. The van der Waals surface area contributed by atoms with Crippen molar-refractivity contribution in [3.8, 4) is 0 Å². The lowest BCUT2D eigenvalue weighted by atomic mass is 10.1. The quantitative estimate of drug-likeness (QED) is 0.424. The van der Waals surface area contributed by atoms with Crippen LogP contribution in [0.4, 0.5) is 0 Å². The van der Waals surface area contributed by atoms with Gasteiger partial charge in [-0.25, -0.2) is 0 Å². The van der Waals surface area contributed by atoms with Crippen LogP contribution in [-0.2, 0) is 4.84 Å². The van der Waals surface area contributed by atoms with E-state index in [1.165, 1.54) is 5.56 Å². The van der Waals surface area contributed by atoms with Crippen LogP contribution in [0.2, 0.25) is 0 Å². The molecule has 0 saturated carbocycles. The lowest BCUT2D eigenvalue weighted by molar-refractivity contribution is -0.0358. The van der Waals surface area contributed by atoms with E-state index in [1.54, 1.807) is 11.1 Å². The fourth-order valence-corrected chi connectivity index (χ4v) is 1.28. The maximum atomic E-state index is 5.55. The summed E-state index contributed by atoms with van der Waals surface area (Å²) >= 11 is 0. The van der Waals surface area contributed by atoms with Gasteiger partial charge in [0, 0.05) is 19.7 Å². The lowest BCUT2D eigenvalue weighted by Gasteiger charge is -2.15. The highest BCUT2D eigenvalue weighted by Crippen LogP contribution is 2.17. The van der Waals surface area contributed by atoms with E-state index in [9.17, 15) is 0 Å². The third kappa shape index (κ3) is 3.60. The van der Waals surface area contributed by atoms with Gasteiger partial charge in [-0.2, -0.15) is 5.06 Å². The monoisotopic (exact) mass is 203 g/mol. The van der Waals surface area contributed by atoms with Crippen LogP contribution in [0, 0.1) is 6.92 Å². The predicted octanol–water partition coefficient (Wildman–Crippen LogP) is 3.02. The van der Waals surface area contributed by atoms with Crippen molar-refractivity contribution in [2.45, 2.75) is 6.92 Å². The molecule has 0 N–H and O–H groups in total. The van der Waals surface area contributed by atoms with Crippen LogP contribution >= 0.6 is 0 Å². The number of allylic oxidation sites excluding steroid dienone is 2. The van der Waals surface area contributed by atoms with E-state index < -0.39 is 0 Å². The summed E-state index contributed by atoms with van der Waals surface area (Å²) in [4.78, 5) is 5.55. The SMILES string of the molecule is C=C/C=C(/ON(C)C)c1cccc(C)c1. The average Bonchev–Trinajstić information content (AvgIpc) is 2.16. The molecule has 1 aromatic rings. The first-order valence-electron chi connectivity index (χ1n) is 4.88. The minimum Gasteiger partial charge on any atom is -0.406 e. The number of nitrogens with zero attached hydrogens (tertiary/aromatic N) is 1. The Kier molecular flexibility index (Phi) is 4.13. The number of hydrogen-bond acceptors (Lipinski definition) is 2. The molecule has 1 rings (SSSR count). The number of benzene rings is 1. The summed E-state index contributed by atoms with van der Waals surface area (Å²) < 4.78 is 0. The summed E-state index contributed by atoms with van der Waals surface area (Å²) in [6.45, 7) is 5.74. The van der Waals surface area contributed by atoms with Crippen molar-refractivity contribution in [1.82, 2.24) is 5.06 Å². The fraction of sp³-hybridized carbons (Fsp3) is 0.231. The van der Waals surface area contributed by atoms with Gasteiger partial charge >= 0.3 is 0 Å². The second-order valence-corrected chi connectivity index (χ2v) is 3.54. The Hall–Kier alpha value is -1.54. The van der Waals surface area contributed by atoms with Gasteiger partial charge in [0.2, 0.25) is 0 Å². The highest BCUT2D eigenvalue weighted by molar-refractivity contribution is 5.61. The minimum atomic E-state index is 0.804. The van der Waals surface area contributed by atoms with Crippen molar-refractivity contribution >= 4 is 5.76 Å². The Bertz CT molecular complexity index is 367. The summed E-state index contributed by atoms with van der Waals surface area (Å²) in [7, 11) is 3.71. The van der Waals surface area contributed by atoms with Gasteiger partial charge in [0.25, 0.3) is 0 Å². The Morgan fingerprint density at radius 1 is 1.40 bits per heavy atom. The molecule has 0 aliphatic heterocycles. The largest absolute Gasteiger partial charge is 0.406 e. The van der Waals surface area contributed by atoms with Gasteiger partial charge in [0.05, 0.1) is 0 Å². The van der Waals surface area contributed by atoms with Crippen LogP contribution in [0.1, 0.15) is 11.1 Å². The predicted molar refractivity (Wildman–Crippen MR) is 64.1 cm³/mol. The maximum absolute atomic E-state index is 5.55. The molecule has 2 nitrogen and oxygen atoms in total. The van der Waals surface area contributed by atoms with Crippen molar-refractivity contribution in [2.24, 2.45) is 0 Å². The Labute approximate surface area is 91.4 Å². The van der Waals surface area contributed by atoms with Crippen molar-refractivity contribution in [2.75, 3.05) is 14.1 Å². The minimum absolute atomic E-state index is 0.804. The van der Waals surface area contributed by atoms with Crippen molar-refractivity contribution in [3.05, 3.63) is 54.1 Å². The summed E-state index contributed by atoms with van der Waals surface area (Å²) in [6.07, 6.45) is 3.58. The second-order valence-electron chi connectivity index (χ2n) is 3.54. The number of aryl methyl sites for hydroxylation is 1. The molecule has 0 aliphatic rings. The zero-order chi connectivity index (χ0) is 11.3. The summed E-state index contributed by atoms with van der Waals surface area (Å²) in [5.74, 6) is 0.804. The van der Waals surface area contributed by atoms with E-state index in [1.807, 2.05) is 32.3 Å². The molecule has 0 amide bonds. The van der Waals surface area contributed by atoms with E-state index in [4.69, 9.17) is 4.84 Å². The van der Waals surface area contributed by atoms with Crippen molar-refractivity contribution in [3.63, 3.8) is 0 Å². The molecule has 0 fully saturated rings. The van der Waals surface area contributed by atoms with E-state index in [2.05, 4.69) is 25.6 Å². The van der Waals surface area contributed by atoms with Gasteiger partial charge < -0.3 is 4.84 Å². The Morgan fingerprint density at radius 3 is 2.67 bits per heavy atom. The van der Waals surface area contributed by atoms with Gasteiger partial charge in [-0.1, -0.05) is 36.4 Å². The van der Waals surface area contributed by atoms with Crippen LogP contribution in [0.25, 0.3) is 5.76 Å². The highest BCUT2D eigenvalue weighted by atomic mass is 16.7. The first kappa shape index (κ1) is 11.5. The molecule has 0 unspecified atom stereocenters. The Morgan fingerprint density at radius 2 is 2.13 bits per heavy atom. The van der Waals surface area contributed by atoms with Crippen LogP contribution in [0.3, 0.4) is 0 Å². The average molecular weight is 203 g/mol. The molecule has 80 valence electrons. The zero-order valence-electron chi connectivity index (χ0n) is 9.53. The second kappa shape index (κ2) is 5.37. The first-order valence-corrected chi connectivity index (χ1v) is 4.88. The van der Waals surface area contributed by atoms with Gasteiger partial charge in [-0.15, -0.1) is 0 Å². The van der Waals surface area contributed by atoms with Crippen LogP contribution in [-0.4, -0.2) is 19.2 Å². The van der Waals surface area contributed by atoms with Crippen LogP contribution in [0.15, 0.2) is 43.0 Å². The molecule has 1 aromatic carbocycles. The topological polar surface area (TPSA) is 12.5 Å². The number of hydrogen-bond donors (Lipinski definition) is 0. The van der Waals surface area contributed by atoms with Gasteiger partial charge in [0.15, 0.2) is 5.76 Å². The highest BCUT2D eigenvalue weighted by Gasteiger charge is 2.03. The molecule has 0 heterocycles. The van der Waals surface area contributed by atoms with E-state index in [0.29, 0.717) is 0 Å².